The molecule has 0 aliphatic heterocycles. The summed E-state index contributed by atoms with van der Waals surface area (Å²) in [5.74, 6) is 0.655. The van der Waals surface area contributed by atoms with Crippen LogP contribution in [0.25, 0.3) is 0 Å². The van der Waals surface area contributed by atoms with Gasteiger partial charge in [0.1, 0.15) is 0 Å². The van der Waals surface area contributed by atoms with E-state index in [1.54, 1.807) is 12.4 Å². The largest absolute Gasteiger partial charge is 0.362 e. The molecule has 0 amide bonds. The van der Waals surface area contributed by atoms with Gasteiger partial charge in [-0.3, -0.25) is 0 Å². The molecule has 0 unspecified atom stereocenters. The van der Waals surface area contributed by atoms with E-state index < -0.39 is 0 Å². The monoisotopic (exact) mass is 246 g/mol. The first kappa shape index (κ1) is 11.6. The Balaban J connectivity index is 1.70. The van der Waals surface area contributed by atoms with Crippen LogP contribution in [-0.2, 0) is 6.42 Å². The molecule has 0 fully saturated rings. The first-order valence-electron chi connectivity index (χ1n) is 5.43. The summed E-state index contributed by atoms with van der Waals surface area (Å²) < 4.78 is 0. The average molecular weight is 246 g/mol. The van der Waals surface area contributed by atoms with Crippen molar-refractivity contribution in [3.8, 4) is 0 Å². The van der Waals surface area contributed by atoms with Crippen molar-refractivity contribution in [2.45, 2.75) is 6.42 Å². The lowest BCUT2D eigenvalue weighted by molar-refractivity contribution is 0.872. The number of imidazole rings is 1. The molecule has 0 bridgehead atoms. The number of hydrogen-bond acceptors (Lipinski definition) is 2. The molecule has 0 saturated heterocycles. The average Bonchev–Trinajstić information content (AvgIpc) is 2.83. The number of hydrogen-bond donors (Lipinski definition) is 3. The lowest BCUT2D eigenvalue weighted by Crippen LogP contribution is -2.30. The molecule has 0 atom stereocenters. The second kappa shape index (κ2) is 6.00. The van der Waals surface area contributed by atoms with Crippen molar-refractivity contribution in [3.63, 3.8) is 0 Å². The molecule has 5 heteroatoms. The van der Waals surface area contributed by atoms with Gasteiger partial charge in [0.05, 0.1) is 0 Å². The molecule has 0 spiro atoms. The Kier molecular flexibility index (Phi) is 4.10. The summed E-state index contributed by atoms with van der Waals surface area (Å²) in [5.41, 5.74) is 1.29. The van der Waals surface area contributed by atoms with E-state index in [2.05, 4.69) is 32.7 Å². The van der Waals surface area contributed by atoms with Crippen LogP contribution in [0, 0.1) is 0 Å². The number of thiocarbonyl (C=S) groups is 1. The Morgan fingerprint density at radius 3 is 2.82 bits per heavy atom. The van der Waals surface area contributed by atoms with Gasteiger partial charge in [0.25, 0.3) is 0 Å². The smallest absolute Gasteiger partial charge is 0.206 e. The van der Waals surface area contributed by atoms with Crippen LogP contribution in [-0.4, -0.2) is 21.6 Å². The van der Waals surface area contributed by atoms with E-state index in [4.69, 9.17) is 12.2 Å². The van der Waals surface area contributed by atoms with Gasteiger partial charge in [-0.25, -0.2) is 4.98 Å². The van der Waals surface area contributed by atoms with Crippen molar-refractivity contribution in [2.75, 3.05) is 11.9 Å². The van der Waals surface area contributed by atoms with Gasteiger partial charge >= 0.3 is 0 Å². The highest BCUT2D eigenvalue weighted by atomic mass is 32.1. The predicted molar refractivity (Wildman–Crippen MR) is 73.0 cm³/mol. The number of rotatable bonds is 4. The van der Waals surface area contributed by atoms with Crippen LogP contribution < -0.4 is 10.6 Å². The number of nitrogens with one attached hydrogen (secondary N) is 3. The molecule has 0 radical (unpaired) electrons. The van der Waals surface area contributed by atoms with Crippen molar-refractivity contribution in [1.82, 2.24) is 15.3 Å². The number of aromatic nitrogens is 2. The fourth-order valence-electron chi connectivity index (χ4n) is 1.45. The van der Waals surface area contributed by atoms with Crippen molar-refractivity contribution in [3.05, 3.63) is 48.3 Å². The third kappa shape index (κ3) is 3.88. The minimum absolute atomic E-state index is 0.580. The SMILES string of the molecule is S=C(NCCc1ccccc1)Nc1ncc[nH]1. The molecule has 17 heavy (non-hydrogen) atoms. The minimum Gasteiger partial charge on any atom is -0.362 e. The lowest BCUT2D eigenvalue weighted by Gasteiger charge is -2.08. The topological polar surface area (TPSA) is 52.7 Å². The predicted octanol–water partition coefficient (Wildman–Crippen LogP) is 1.94. The highest BCUT2D eigenvalue weighted by molar-refractivity contribution is 7.80. The van der Waals surface area contributed by atoms with Crippen LogP contribution in [0.15, 0.2) is 42.7 Å². The fraction of sp³-hybridized carbons (Fsp3) is 0.167. The summed E-state index contributed by atoms with van der Waals surface area (Å²) in [6.07, 6.45) is 4.37. The maximum absolute atomic E-state index is 5.14. The third-order valence-corrected chi connectivity index (χ3v) is 2.52. The van der Waals surface area contributed by atoms with Crippen LogP contribution in [0.5, 0.6) is 0 Å². The zero-order chi connectivity index (χ0) is 11.9. The Bertz CT molecular complexity index is 453. The van der Waals surface area contributed by atoms with Crippen molar-refractivity contribution < 1.29 is 0 Å². The summed E-state index contributed by atoms with van der Waals surface area (Å²) in [5, 5.41) is 6.67. The number of H-pyrrole nitrogens is 1. The normalized spacial score (nSPS) is 9.88. The molecule has 2 aromatic rings. The van der Waals surface area contributed by atoms with Gasteiger partial charge < -0.3 is 15.6 Å². The zero-order valence-electron chi connectivity index (χ0n) is 9.31. The molecular formula is C12H14N4S. The molecule has 1 aromatic carbocycles. The van der Waals surface area contributed by atoms with Crippen LogP contribution in [0.3, 0.4) is 0 Å². The van der Waals surface area contributed by atoms with Gasteiger partial charge in [-0.1, -0.05) is 30.3 Å². The number of anilines is 1. The molecule has 0 aliphatic carbocycles. The molecule has 0 aliphatic rings. The van der Waals surface area contributed by atoms with Crippen LogP contribution in [0.4, 0.5) is 5.95 Å². The second-order valence-corrected chi connectivity index (χ2v) is 3.96. The summed E-state index contributed by atoms with van der Waals surface area (Å²) in [7, 11) is 0. The summed E-state index contributed by atoms with van der Waals surface area (Å²) in [6, 6.07) is 10.3. The number of nitrogens with zero attached hydrogens (tertiary/aromatic N) is 1. The van der Waals surface area contributed by atoms with Gasteiger partial charge in [0.15, 0.2) is 5.11 Å². The van der Waals surface area contributed by atoms with E-state index in [9.17, 15) is 0 Å². The zero-order valence-corrected chi connectivity index (χ0v) is 10.1. The molecule has 88 valence electrons. The Morgan fingerprint density at radius 2 is 2.12 bits per heavy atom. The van der Waals surface area contributed by atoms with E-state index >= 15 is 0 Å². The molecule has 1 aromatic heterocycles. The van der Waals surface area contributed by atoms with Crippen molar-refractivity contribution in [1.29, 1.82) is 0 Å². The van der Waals surface area contributed by atoms with Crippen LogP contribution >= 0.6 is 12.2 Å². The van der Waals surface area contributed by atoms with Crippen molar-refractivity contribution in [2.24, 2.45) is 0 Å². The Hall–Kier alpha value is -1.88. The first-order valence-corrected chi connectivity index (χ1v) is 5.83. The maximum atomic E-state index is 5.14. The van der Waals surface area contributed by atoms with E-state index in [-0.39, 0.29) is 0 Å². The highest BCUT2D eigenvalue weighted by Crippen LogP contribution is 1.98. The quantitative estimate of drug-likeness (QED) is 0.722. The van der Waals surface area contributed by atoms with Gasteiger partial charge in [0, 0.05) is 18.9 Å². The number of aromatic amines is 1. The maximum Gasteiger partial charge on any atom is 0.206 e. The van der Waals surface area contributed by atoms with Gasteiger partial charge in [-0.2, -0.15) is 0 Å². The van der Waals surface area contributed by atoms with Crippen LogP contribution in [0.2, 0.25) is 0 Å². The lowest BCUT2D eigenvalue weighted by atomic mass is 10.1. The second-order valence-electron chi connectivity index (χ2n) is 3.55. The van der Waals surface area contributed by atoms with E-state index in [0.717, 1.165) is 13.0 Å². The molecule has 1 heterocycles. The standard InChI is InChI=1S/C12H14N4S/c17-12(16-11-13-8-9-14-11)15-7-6-10-4-2-1-3-5-10/h1-5,8-9H,6-7H2,(H3,13,14,15,16,17). The minimum atomic E-state index is 0.580. The molecule has 3 N–H and O–H groups in total. The first-order chi connectivity index (χ1) is 8.34. The van der Waals surface area contributed by atoms with Crippen LogP contribution in [0.1, 0.15) is 5.56 Å². The van der Waals surface area contributed by atoms with Crippen molar-refractivity contribution >= 4 is 23.3 Å². The summed E-state index contributed by atoms with van der Waals surface area (Å²) in [6.45, 7) is 0.802. The summed E-state index contributed by atoms with van der Waals surface area (Å²) in [4.78, 5) is 6.95. The van der Waals surface area contributed by atoms with E-state index in [1.807, 2.05) is 18.2 Å². The third-order valence-electron chi connectivity index (χ3n) is 2.27. The molecule has 0 saturated carbocycles. The number of benzene rings is 1. The van der Waals surface area contributed by atoms with Gasteiger partial charge in [-0.05, 0) is 24.2 Å². The Morgan fingerprint density at radius 1 is 1.29 bits per heavy atom. The molecular weight excluding hydrogens is 232 g/mol. The van der Waals surface area contributed by atoms with E-state index in [0.29, 0.717) is 11.1 Å². The van der Waals surface area contributed by atoms with E-state index in [1.165, 1.54) is 5.56 Å². The highest BCUT2D eigenvalue weighted by Gasteiger charge is 1.98. The molecule has 2 rings (SSSR count). The fourth-order valence-corrected chi connectivity index (χ4v) is 1.65. The summed E-state index contributed by atoms with van der Waals surface area (Å²) >= 11 is 5.14. The van der Waals surface area contributed by atoms with Gasteiger partial charge in [0.2, 0.25) is 5.95 Å². The Labute approximate surface area is 105 Å². The molecule has 4 nitrogen and oxygen atoms in total. The van der Waals surface area contributed by atoms with Gasteiger partial charge in [-0.15, -0.1) is 0 Å².